The van der Waals surface area contributed by atoms with Crippen LogP contribution in [0.25, 0.3) is 10.9 Å². The van der Waals surface area contributed by atoms with Crippen LogP contribution >= 0.6 is 0 Å². The summed E-state index contributed by atoms with van der Waals surface area (Å²) in [7, 11) is 3.64. The van der Waals surface area contributed by atoms with E-state index >= 15 is 0 Å². The van der Waals surface area contributed by atoms with E-state index in [0.717, 1.165) is 0 Å². The average Bonchev–Trinajstić information content (AvgIpc) is 2.27. The minimum atomic E-state index is -0.969. The standard InChI is InChI=1S/C11H11N3O2/c1-14(2)10-9-7(11(15)16)4-3-5-8(9)12-6-13-10/h3-6H,1-2H3,(H,15,16). The Balaban J connectivity index is 2.87. The smallest absolute Gasteiger partial charge is 0.336 e. The highest BCUT2D eigenvalue weighted by Crippen LogP contribution is 2.24. The fourth-order valence-electron chi connectivity index (χ4n) is 1.61. The Morgan fingerprint density at radius 2 is 2.06 bits per heavy atom. The van der Waals surface area contributed by atoms with Crippen molar-refractivity contribution in [3.05, 3.63) is 30.1 Å². The fourth-order valence-corrected chi connectivity index (χ4v) is 1.61. The van der Waals surface area contributed by atoms with Gasteiger partial charge in [0.2, 0.25) is 0 Å². The summed E-state index contributed by atoms with van der Waals surface area (Å²) in [4.78, 5) is 21.1. The average molecular weight is 217 g/mol. The van der Waals surface area contributed by atoms with Crippen LogP contribution in [0, 0.1) is 0 Å². The molecule has 0 fully saturated rings. The maximum Gasteiger partial charge on any atom is 0.336 e. The van der Waals surface area contributed by atoms with Gasteiger partial charge in [0.1, 0.15) is 12.1 Å². The van der Waals surface area contributed by atoms with Crippen molar-refractivity contribution in [2.75, 3.05) is 19.0 Å². The van der Waals surface area contributed by atoms with Gasteiger partial charge in [-0.2, -0.15) is 0 Å². The lowest BCUT2D eigenvalue weighted by molar-refractivity contribution is 0.0699. The number of benzene rings is 1. The normalized spacial score (nSPS) is 10.4. The van der Waals surface area contributed by atoms with Gasteiger partial charge in [-0.15, -0.1) is 0 Å². The molecule has 0 spiro atoms. The van der Waals surface area contributed by atoms with Crippen molar-refractivity contribution in [3.8, 4) is 0 Å². The van der Waals surface area contributed by atoms with Crippen molar-refractivity contribution >= 4 is 22.7 Å². The SMILES string of the molecule is CN(C)c1ncnc2cccc(C(=O)O)c12. The van der Waals surface area contributed by atoms with Crippen molar-refractivity contribution in [2.45, 2.75) is 0 Å². The van der Waals surface area contributed by atoms with Gasteiger partial charge in [0.05, 0.1) is 16.5 Å². The van der Waals surface area contributed by atoms with Crippen molar-refractivity contribution in [1.29, 1.82) is 0 Å². The molecule has 0 unspecified atom stereocenters. The van der Waals surface area contributed by atoms with E-state index in [-0.39, 0.29) is 5.56 Å². The van der Waals surface area contributed by atoms with Gasteiger partial charge < -0.3 is 10.0 Å². The second kappa shape index (κ2) is 3.77. The van der Waals surface area contributed by atoms with Crippen molar-refractivity contribution < 1.29 is 9.90 Å². The van der Waals surface area contributed by atoms with Crippen LogP contribution in [-0.2, 0) is 0 Å². The Morgan fingerprint density at radius 1 is 1.31 bits per heavy atom. The predicted molar refractivity (Wildman–Crippen MR) is 60.8 cm³/mol. The predicted octanol–water partition coefficient (Wildman–Crippen LogP) is 1.39. The van der Waals surface area contributed by atoms with Crippen LogP contribution in [0.15, 0.2) is 24.5 Å². The van der Waals surface area contributed by atoms with Gasteiger partial charge in [0.15, 0.2) is 0 Å². The first-order valence-electron chi connectivity index (χ1n) is 4.75. The van der Waals surface area contributed by atoms with E-state index in [0.29, 0.717) is 16.7 Å². The van der Waals surface area contributed by atoms with E-state index in [2.05, 4.69) is 9.97 Å². The molecule has 82 valence electrons. The molecule has 5 heteroatoms. The Labute approximate surface area is 92.4 Å². The number of rotatable bonds is 2. The molecular weight excluding hydrogens is 206 g/mol. The van der Waals surface area contributed by atoms with Crippen LogP contribution in [0.4, 0.5) is 5.82 Å². The zero-order valence-corrected chi connectivity index (χ0v) is 9.01. The molecule has 0 bridgehead atoms. The number of anilines is 1. The van der Waals surface area contributed by atoms with Gasteiger partial charge in [-0.1, -0.05) is 6.07 Å². The van der Waals surface area contributed by atoms with Crippen molar-refractivity contribution in [3.63, 3.8) is 0 Å². The molecule has 0 radical (unpaired) electrons. The first-order valence-corrected chi connectivity index (χ1v) is 4.75. The van der Waals surface area contributed by atoms with E-state index in [4.69, 9.17) is 5.11 Å². The zero-order chi connectivity index (χ0) is 11.7. The number of fused-ring (bicyclic) bond motifs is 1. The van der Waals surface area contributed by atoms with E-state index in [1.54, 1.807) is 23.1 Å². The van der Waals surface area contributed by atoms with E-state index in [9.17, 15) is 4.79 Å². The van der Waals surface area contributed by atoms with Crippen LogP contribution < -0.4 is 4.90 Å². The summed E-state index contributed by atoms with van der Waals surface area (Å²) >= 11 is 0. The van der Waals surface area contributed by atoms with Gasteiger partial charge >= 0.3 is 5.97 Å². The second-order valence-electron chi connectivity index (χ2n) is 3.60. The molecule has 2 rings (SSSR count). The third-order valence-corrected chi connectivity index (χ3v) is 2.30. The third-order valence-electron chi connectivity index (χ3n) is 2.30. The maximum atomic E-state index is 11.1. The van der Waals surface area contributed by atoms with Gasteiger partial charge in [-0.3, -0.25) is 0 Å². The number of carbonyl (C=O) groups is 1. The number of nitrogens with zero attached hydrogens (tertiary/aromatic N) is 3. The lowest BCUT2D eigenvalue weighted by Gasteiger charge is -2.14. The molecule has 1 aromatic carbocycles. The second-order valence-corrected chi connectivity index (χ2v) is 3.60. The van der Waals surface area contributed by atoms with Gasteiger partial charge in [0, 0.05) is 14.1 Å². The highest BCUT2D eigenvalue weighted by atomic mass is 16.4. The number of aromatic carboxylic acids is 1. The summed E-state index contributed by atoms with van der Waals surface area (Å²) in [6.07, 6.45) is 1.43. The molecule has 2 aromatic rings. The Hall–Kier alpha value is -2.17. The Bertz CT molecular complexity index is 547. The zero-order valence-electron chi connectivity index (χ0n) is 9.01. The fraction of sp³-hybridized carbons (Fsp3) is 0.182. The Morgan fingerprint density at radius 3 is 2.69 bits per heavy atom. The van der Waals surface area contributed by atoms with Crippen LogP contribution in [0.5, 0.6) is 0 Å². The van der Waals surface area contributed by atoms with Crippen molar-refractivity contribution in [2.24, 2.45) is 0 Å². The van der Waals surface area contributed by atoms with Crippen LogP contribution in [0.2, 0.25) is 0 Å². The minimum absolute atomic E-state index is 0.224. The number of aromatic nitrogens is 2. The molecule has 1 aromatic heterocycles. The van der Waals surface area contributed by atoms with E-state index < -0.39 is 5.97 Å². The lowest BCUT2D eigenvalue weighted by Crippen LogP contribution is -2.13. The minimum Gasteiger partial charge on any atom is -0.478 e. The molecule has 1 N–H and O–H groups in total. The van der Waals surface area contributed by atoms with Gasteiger partial charge in [-0.25, -0.2) is 14.8 Å². The van der Waals surface area contributed by atoms with Crippen LogP contribution in [0.3, 0.4) is 0 Å². The van der Waals surface area contributed by atoms with Crippen LogP contribution in [-0.4, -0.2) is 35.1 Å². The number of carboxylic acids is 1. The molecule has 1 heterocycles. The maximum absolute atomic E-state index is 11.1. The number of hydrogen-bond donors (Lipinski definition) is 1. The molecule has 0 aliphatic carbocycles. The quantitative estimate of drug-likeness (QED) is 0.823. The first kappa shape index (κ1) is 10.4. The number of carboxylic acid groups (broad SMARTS) is 1. The largest absolute Gasteiger partial charge is 0.478 e. The van der Waals surface area contributed by atoms with Crippen LogP contribution in [0.1, 0.15) is 10.4 Å². The van der Waals surface area contributed by atoms with E-state index in [1.165, 1.54) is 6.33 Å². The summed E-state index contributed by atoms with van der Waals surface area (Å²) in [5, 5.41) is 9.69. The molecule has 5 nitrogen and oxygen atoms in total. The summed E-state index contributed by atoms with van der Waals surface area (Å²) in [5.41, 5.74) is 0.861. The lowest BCUT2D eigenvalue weighted by atomic mass is 10.1. The molecule has 0 aliphatic rings. The summed E-state index contributed by atoms with van der Waals surface area (Å²) in [5.74, 6) is -0.355. The molecule has 16 heavy (non-hydrogen) atoms. The summed E-state index contributed by atoms with van der Waals surface area (Å²) < 4.78 is 0. The molecule has 0 amide bonds. The highest BCUT2D eigenvalue weighted by Gasteiger charge is 2.14. The van der Waals surface area contributed by atoms with Gasteiger partial charge in [-0.05, 0) is 12.1 Å². The summed E-state index contributed by atoms with van der Waals surface area (Å²) in [6.45, 7) is 0. The topological polar surface area (TPSA) is 66.3 Å². The molecule has 0 atom stereocenters. The molecule has 0 aliphatic heterocycles. The molecular formula is C11H11N3O2. The molecule has 0 saturated heterocycles. The monoisotopic (exact) mass is 217 g/mol. The Kier molecular flexibility index (Phi) is 2.44. The highest BCUT2D eigenvalue weighted by molar-refractivity contribution is 6.07. The first-order chi connectivity index (χ1) is 7.61. The third kappa shape index (κ3) is 1.56. The van der Waals surface area contributed by atoms with Crippen molar-refractivity contribution in [1.82, 2.24) is 9.97 Å². The molecule has 0 saturated carbocycles. The van der Waals surface area contributed by atoms with Gasteiger partial charge in [0.25, 0.3) is 0 Å². The summed E-state index contributed by atoms with van der Waals surface area (Å²) in [6, 6.07) is 5.01. The van der Waals surface area contributed by atoms with E-state index in [1.807, 2.05) is 14.1 Å². The number of hydrogen-bond acceptors (Lipinski definition) is 4.